The minimum Gasteiger partial charge on any atom is -0.465 e. The molecule has 0 saturated heterocycles. The van der Waals surface area contributed by atoms with Gasteiger partial charge in [0.05, 0.1) is 22.0 Å². The van der Waals surface area contributed by atoms with Crippen LogP contribution in [0.1, 0.15) is 22.8 Å². The Labute approximate surface area is 100 Å². The van der Waals surface area contributed by atoms with Gasteiger partial charge in [-0.1, -0.05) is 6.07 Å². The second-order valence-electron chi connectivity index (χ2n) is 2.65. The van der Waals surface area contributed by atoms with Crippen molar-refractivity contribution in [1.82, 2.24) is 0 Å². The highest BCUT2D eigenvalue weighted by Crippen LogP contribution is 2.23. The second-order valence-corrected chi connectivity index (χ2v) is 3.67. The lowest BCUT2D eigenvalue weighted by Gasteiger charge is -2.06. The first-order valence-electron chi connectivity index (χ1n) is 6.62. The van der Waals surface area contributed by atoms with Gasteiger partial charge in [0.2, 0.25) is 0 Å². The van der Waals surface area contributed by atoms with Crippen LogP contribution in [0.2, 0.25) is 0 Å². The highest BCUT2D eigenvalue weighted by Gasteiger charge is 2.07. The Morgan fingerprint density at radius 2 is 2.53 bits per heavy atom. The van der Waals surface area contributed by atoms with Gasteiger partial charge in [0, 0.05) is 14.8 Å². The van der Waals surface area contributed by atoms with Crippen LogP contribution in [0.4, 0.5) is 0 Å². The van der Waals surface area contributed by atoms with Crippen molar-refractivity contribution in [1.29, 1.82) is 0 Å². The first-order valence-corrected chi connectivity index (χ1v) is 5.11. The SMILES string of the molecule is [2H]C([2H])(O)CSc1cc(C(=O)OC)ccc1C([2H])([2H])[2H]. The standard InChI is InChI=1S/C11H14O3S/c1-8-3-4-9(11(13)14-2)7-10(8)15-6-5-12/h3-4,7,12H,5-6H2,1-2H3/i1D3,5D2. The Balaban J connectivity index is 3.16. The molecule has 0 bridgehead atoms. The van der Waals surface area contributed by atoms with Crippen molar-refractivity contribution in [2.45, 2.75) is 11.7 Å². The highest BCUT2D eigenvalue weighted by molar-refractivity contribution is 7.99. The Bertz CT molecular complexity index is 496. The van der Waals surface area contributed by atoms with E-state index in [4.69, 9.17) is 12.0 Å². The summed E-state index contributed by atoms with van der Waals surface area (Å²) in [5.41, 5.74) is 0.168. The zero-order valence-corrected chi connectivity index (χ0v) is 8.93. The van der Waals surface area contributed by atoms with E-state index in [1.54, 1.807) is 0 Å². The molecule has 4 heteroatoms. The second kappa shape index (κ2) is 5.78. The van der Waals surface area contributed by atoms with Gasteiger partial charge in [-0.3, -0.25) is 0 Å². The smallest absolute Gasteiger partial charge is 0.337 e. The molecule has 0 saturated carbocycles. The topological polar surface area (TPSA) is 46.5 Å². The largest absolute Gasteiger partial charge is 0.465 e. The molecule has 0 amide bonds. The summed E-state index contributed by atoms with van der Waals surface area (Å²) in [5.74, 6) is -0.961. The van der Waals surface area contributed by atoms with E-state index in [1.807, 2.05) is 0 Å². The van der Waals surface area contributed by atoms with E-state index >= 15 is 0 Å². The van der Waals surface area contributed by atoms with Gasteiger partial charge in [-0.25, -0.2) is 4.79 Å². The van der Waals surface area contributed by atoms with Gasteiger partial charge < -0.3 is 9.84 Å². The van der Waals surface area contributed by atoms with Crippen LogP contribution in [-0.4, -0.2) is 30.5 Å². The van der Waals surface area contributed by atoms with Crippen molar-refractivity contribution < 1.29 is 21.5 Å². The minimum atomic E-state index is -2.43. The summed E-state index contributed by atoms with van der Waals surface area (Å²) in [6, 6.07) is 3.95. The van der Waals surface area contributed by atoms with Crippen LogP contribution >= 0.6 is 11.8 Å². The fourth-order valence-corrected chi connectivity index (χ4v) is 1.65. The van der Waals surface area contributed by atoms with Crippen LogP contribution in [-0.2, 0) is 4.74 Å². The fraction of sp³-hybridized carbons (Fsp3) is 0.364. The third kappa shape index (κ3) is 3.25. The molecule has 0 aliphatic rings. The van der Waals surface area contributed by atoms with Crippen molar-refractivity contribution >= 4 is 17.7 Å². The van der Waals surface area contributed by atoms with Crippen LogP contribution in [0.25, 0.3) is 0 Å². The van der Waals surface area contributed by atoms with Crippen LogP contribution in [0.5, 0.6) is 0 Å². The third-order valence-electron chi connectivity index (χ3n) is 1.69. The summed E-state index contributed by atoms with van der Waals surface area (Å²) in [6.45, 7) is -4.82. The number of carbonyl (C=O) groups excluding carboxylic acids is 1. The molecule has 0 aliphatic heterocycles. The normalized spacial score (nSPS) is 16.8. The maximum atomic E-state index is 11.4. The zero-order chi connectivity index (χ0) is 15.6. The summed E-state index contributed by atoms with van der Waals surface area (Å²) in [5, 5.41) is 9.08. The van der Waals surface area contributed by atoms with Gasteiger partial charge >= 0.3 is 5.97 Å². The summed E-state index contributed by atoms with van der Waals surface area (Å²) < 4.78 is 40.9. The summed E-state index contributed by atoms with van der Waals surface area (Å²) in [6.07, 6.45) is 0. The number of rotatable bonds is 4. The van der Waals surface area contributed by atoms with Crippen molar-refractivity contribution in [2.75, 3.05) is 19.4 Å². The molecule has 1 aromatic carbocycles. The average molecular weight is 231 g/mol. The Hall–Kier alpha value is -1.00. The van der Waals surface area contributed by atoms with Crippen LogP contribution in [0.3, 0.4) is 0 Å². The third-order valence-corrected chi connectivity index (χ3v) is 2.62. The van der Waals surface area contributed by atoms with E-state index in [0.29, 0.717) is 0 Å². The number of aryl methyl sites for hydroxylation is 1. The van der Waals surface area contributed by atoms with Crippen molar-refractivity contribution in [3.05, 3.63) is 29.3 Å². The van der Waals surface area contributed by atoms with Gasteiger partial charge in [0.15, 0.2) is 0 Å². The van der Waals surface area contributed by atoms with Crippen molar-refractivity contribution in [3.63, 3.8) is 0 Å². The highest BCUT2D eigenvalue weighted by atomic mass is 32.2. The summed E-state index contributed by atoms with van der Waals surface area (Å²) in [7, 11) is 1.21. The van der Waals surface area contributed by atoms with E-state index in [0.717, 1.165) is 11.8 Å². The molecule has 0 aliphatic carbocycles. The first-order chi connectivity index (χ1) is 9.04. The predicted octanol–water partition coefficient (Wildman–Crippen LogP) is 1.87. The maximum absolute atomic E-state index is 11.4. The number of aliphatic hydroxyl groups is 1. The molecule has 0 aromatic heterocycles. The van der Waals surface area contributed by atoms with Gasteiger partial charge in [-0.15, -0.1) is 11.8 Å². The molecule has 1 N–H and O–H groups in total. The number of methoxy groups -OCH3 is 1. The number of benzene rings is 1. The monoisotopic (exact) mass is 231 g/mol. The molecule has 0 spiro atoms. The Kier molecular flexibility index (Phi) is 2.52. The van der Waals surface area contributed by atoms with E-state index < -0.39 is 19.4 Å². The average Bonchev–Trinajstić information content (AvgIpc) is 2.33. The van der Waals surface area contributed by atoms with Gasteiger partial charge in [-0.2, -0.15) is 0 Å². The lowest BCUT2D eigenvalue weighted by atomic mass is 10.1. The molecular weight excluding hydrogens is 212 g/mol. The summed E-state index contributed by atoms with van der Waals surface area (Å²) in [4.78, 5) is 11.6. The lowest BCUT2D eigenvalue weighted by molar-refractivity contribution is 0.0600. The van der Waals surface area contributed by atoms with E-state index in [-0.39, 0.29) is 21.8 Å². The van der Waals surface area contributed by atoms with Crippen LogP contribution < -0.4 is 0 Å². The molecule has 1 aromatic rings. The lowest BCUT2D eigenvalue weighted by Crippen LogP contribution is -2.01. The van der Waals surface area contributed by atoms with Crippen molar-refractivity contribution in [2.24, 2.45) is 0 Å². The maximum Gasteiger partial charge on any atom is 0.337 e. The van der Waals surface area contributed by atoms with E-state index in [9.17, 15) is 4.79 Å². The Morgan fingerprint density at radius 1 is 1.73 bits per heavy atom. The molecule has 82 valence electrons. The zero-order valence-electron chi connectivity index (χ0n) is 13.1. The number of ether oxygens (including phenoxy) is 1. The fourth-order valence-electron chi connectivity index (χ4n) is 0.997. The van der Waals surface area contributed by atoms with Gasteiger partial charge in [-0.05, 0) is 24.5 Å². The van der Waals surface area contributed by atoms with Crippen LogP contribution in [0, 0.1) is 6.85 Å². The number of esters is 1. The molecule has 15 heavy (non-hydrogen) atoms. The molecule has 0 atom stereocenters. The van der Waals surface area contributed by atoms with E-state index in [2.05, 4.69) is 4.74 Å². The number of hydrogen-bond donors (Lipinski definition) is 1. The predicted molar refractivity (Wildman–Crippen MR) is 60.3 cm³/mol. The molecule has 0 heterocycles. The number of hydrogen-bond acceptors (Lipinski definition) is 4. The molecular formula is C11H14O3S. The van der Waals surface area contributed by atoms with Gasteiger partial charge in [0.1, 0.15) is 0 Å². The minimum absolute atomic E-state index is 0.000553. The molecule has 0 radical (unpaired) electrons. The number of thioether (sulfide) groups is 1. The molecule has 3 nitrogen and oxygen atoms in total. The van der Waals surface area contributed by atoms with Gasteiger partial charge in [0.25, 0.3) is 0 Å². The van der Waals surface area contributed by atoms with Crippen molar-refractivity contribution in [3.8, 4) is 0 Å². The Morgan fingerprint density at radius 3 is 3.13 bits per heavy atom. The molecule has 0 fully saturated rings. The molecule has 1 rings (SSSR count). The summed E-state index contributed by atoms with van der Waals surface area (Å²) >= 11 is 0.830. The quantitative estimate of drug-likeness (QED) is 0.634. The van der Waals surface area contributed by atoms with E-state index in [1.165, 1.54) is 25.3 Å². The molecule has 0 unspecified atom stereocenters. The van der Waals surface area contributed by atoms with Crippen LogP contribution in [0.15, 0.2) is 23.1 Å². The first kappa shape index (κ1) is 6.55. The number of carbonyl (C=O) groups is 1.